The maximum Gasteiger partial charge on any atom is 0.305 e. The average molecular weight is 421 g/mol. The molecule has 176 valence electrons. The number of allylic oxidation sites excluding steroid dienone is 4. The Labute approximate surface area is 188 Å². The van der Waals surface area contributed by atoms with Crippen molar-refractivity contribution in [3.8, 4) is 0 Å². The summed E-state index contributed by atoms with van der Waals surface area (Å²) in [6.45, 7) is 5.12. The van der Waals surface area contributed by atoms with Crippen molar-refractivity contribution in [1.29, 1.82) is 0 Å². The lowest BCUT2D eigenvalue weighted by atomic mass is 10.1. The van der Waals surface area contributed by atoms with Crippen molar-refractivity contribution < 1.29 is 9.53 Å². The number of esters is 1. The minimum Gasteiger partial charge on any atom is -0.466 e. The zero-order valence-electron chi connectivity index (χ0n) is 20.5. The number of unbranched alkanes of at least 4 members (excludes halogenated alkanes) is 15. The fourth-order valence-corrected chi connectivity index (χ4v) is 3.57. The van der Waals surface area contributed by atoms with Crippen molar-refractivity contribution in [1.82, 2.24) is 0 Å². The van der Waals surface area contributed by atoms with Gasteiger partial charge in [-0.25, -0.2) is 0 Å². The zero-order chi connectivity index (χ0) is 22.0. The van der Waals surface area contributed by atoms with E-state index in [1.54, 1.807) is 0 Å². The number of carbonyl (C=O) groups excluding carboxylic acids is 1. The molecule has 0 aromatic carbocycles. The van der Waals surface area contributed by atoms with E-state index in [0.29, 0.717) is 13.0 Å². The third kappa shape index (κ3) is 25.0. The summed E-state index contributed by atoms with van der Waals surface area (Å²) in [4.78, 5) is 11.7. The van der Waals surface area contributed by atoms with Gasteiger partial charge in [0.05, 0.1) is 6.61 Å². The van der Waals surface area contributed by atoms with E-state index in [4.69, 9.17) is 4.74 Å². The van der Waals surface area contributed by atoms with E-state index in [9.17, 15) is 4.79 Å². The van der Waals surface area contributed by atoms with Crippen LogP contribution < -0.4 is 0 Å². The molecule has 0 bridgehead atoms. The summed E-state index contributed by atoms with van der Waals surface area (Å²) in [5.41, 5.74) is 0. The maximum absolute atomic E-state index is 11.7. The monoisotopic (exact) mass is 420 g/mol. The highest BCUT2D eigenvalue weighted by atomic mass is 16.5. The summed E-state index contributed by atoms with van der Waals surface area (Å²) >= 11 is 0. The molecule has 0 aliphatic rings. The SMILES string of the molecule is CCCCC/C=C\C/C=C\CCCCCCCC(=O)OCCCCCCCCCC. The number of carbonyl (C=O) groups is 1. The lowest BCUT2D eigenvalue weighted by Gasteiger charge is -2.05. The first-order valence-electron chi connectivity index (χ1n) is 13.3. The fourth-order valence-electron chi connectivity index (χ4n) is 3.57. The molecule has 0 saturated heterocycles. The second kappa shape index (κ2) is 26.0. The minimum absolute atomic E-state index is 0.00336. The highest BCUT2D eigenvalue weighted by molar-refractivity contribution is 5.69. The van der Waals surface area contributed by atoms with Crippen LogP contribution >= 0.6 is 0 Å². The third-order valence-electron chi connectivity index (χ3n) is 5.59. The Morgan fingerprint density at radius 3 is 1.67 bits per heavy atom. The first-order chi connectivity index (χ1) is 14.8. The van der Waals surface area contributed by atoms with E-state index in [1.807, 2.05) is 0 Å². The maximum atomic E-state index is 11.7. The van der Waals surface area contributed by atoms with E-state index >= 15 is 0 Å². The summed E-state index contributed by atoms with van der Waals surface area (Å²) in [7, 11) is 0. The molecule has 0 aliphatic heterocycles. The smallest absolute Gasteiger partial charge is 0.305 e. The molecule has 0 aromatic rings. The highest BCUT2D eigenvalue weighted by Gasteiger charge is 2.02. The lowest BCUT2D eigenvalue weighted by Crippen LogP contribution is -2.05. The van der Waals surface area contributed by atoms with Crippen LogP contribution in [0.5, 0.6) is 0 Å². The van der Waals surface area contributed by atoms with Gasteiger partial charge >= 0.3 is 5.97 Å². The molecule has 0 spiro atoms. The van der Waals surface area contributed by atoms with E-state index in [1.165, 1.54) is 96.3 Å². The minimum atomic E-state index is 0.00336. The van der Waals surface area contributed by atoms with Crippen LogP contribution in [0.2, 0.25) is 0 Å². The Morgan fingerprint density at radius 1 is 0.567 bits per heavy atom. The number of hydrogen-bond acceptors (Lipinski definition) is 2. The van der Waals surface area contributed by atoms with E-state index in [0.717, 1.165) is 25.7 Å². The number of ether oxygens (including phenoxy) is 1. The number of rotatable bonds is 23. The Morgan fingerprint density at radius 2 is 1.03 bits per heavy atom. The molecule has 30 heavy (non-hydrogen) atoms. The molecule has 0 heterocycles. The fraction of sp³-hybridized carbons (Fsp3) is 0.821. The van der Waals surface area contributed by atoms with Crippen LogP contribution in [0.25, 0.3) is 0 Å². The van der Waals surface area contributed by atoms with Crippen LogP contribution in [-0.4, -0.2) is 12.6 Å². The second-order valence-electron chi connectivity index (χ2n) is 8.68. The van der Waals surface area contributed by atoms with Gasteiger partial charge in [-0.3, -0.25) is 4.79 Å². The Bertz CT molecular complexity index is 397. The van der Waals surface area contributed by atoms with Crippen molar-refractivity contribution in [2.24, 2.45) is 0 Å². The van der Waals surface area contributed by atoms with Gasteiger partial charge in [0.15, 0.2) is 0 Å². The molecule has 0 aromatic heterocycles. The van der Waals surface area contributed by atoms with Crippen molar-refractivity contribution in [2.75, 3.05) is 6.61 Å². The van der Waals surface area contributed by atoms with E-state index in [-0.39, 0.29) is 5.97 Å². The molecule has 0 amide bonds. The van der Waals surface area contributed by atoms with Crippen LogP contribution in [0.4, 0.5) is 0 Å². The van der Waals surface area contributed by atoms with Crippen molar-refractivity contribution in [3.05, 3.63) is 24.3 Å². The Balaban J connectivity index is 3.25. The molecule has 0 saturated carbocycles. The molecular formula is C28H52O2. The normalized spacial score (nSPS) is 11.7. The summed E-state index contributed by atoms with van der Waals surface area (Å²) in [5, 5.41) is 0. The van der Waals surface area contributed by atoms with Crippen molar-refractivity contribution in [2.45, 2.75) is 142 Å². The molecule has 2 heteroatoms. The van der Waals surface area contributed by atoms with E-state index in [2.05, 4.69) is 38.2 Å². The van der Waals surface area contributed by atoms with Crippen LogP contribution in [-0.2, 0) is 9.53 Å². The van der Waals surface area contributed by atoms with Gasteiger partial charge < -0.3 is 4.74 Å². The second-order valence-corrected chi connectivity index (χ2v) is 8.68. The molecular weight excluding hydrogens is 368 g/mol. The van der Waals surface area contributed by atoms with Gasteiger partial charge in [0, 0.05) is 6.42 Å². The first-order valence-corrected chi connectivity index (χ1v) is 13.3. The van der Waals surface area contributed by atoms with Gasteiger partial charge in [-0.05, 0) is 44.9 Å². The summed E-state index contributed by atoms with van der Waals surface area (Å²) in [6.07, 6.45) is 33.4. The van der Waals surface area contributed by atoms with Gasteiger partial charge in [-0.15, -0.1) is 0 Å². The molecule has 2 nitrogen and oxygen atoms in total. The van der Waals surface area contributed by atoms with Crippen LogP contribution in [0.3, 0.4) is 0 Å². The average Bonchev–Trinajstić information content (AvgIpc) is 2.75. The molecule has 0 fully saturated rings. The molecule has 0 aliphatic carbocycles. The molecule has 0 unspecified atom stereocenters. The largest absolute Gasteiger partial charge is 0.466 e. The van der Waals surface area contributed by atoms with Gasteiger partial charge in [0.1, 0.15) is 0 Å². The lowest BCUT2D eigenvalue weighted by molar-refractivity contribution is -0.143. The quantitative estimate of drug-likeness (QED) is 0.0934. The number of hydrogen-bond donors (Lipinski definition) is 0. The van der Waals surface area contributed by atoms with Gasteiger partial charge in [0.25, 0.3) is 0 Å². The molecule has 0 atom stereocenters. The molecule has 0 radical (unpaired) electrons. The predicted molar refractivity (Wildman–Crippen MR) is 133 cm³/mol. The Hall–Kier alpha value is -1.05. The summed E-state index contributed by atoms with van der Waals surface area (Å²) in [5.74, 6) is 0.00336. The van der Waals surface area contributed by atoms with Gasteiger partial charge in [0.2, 0.25) is 0 Å². The van der Waals surface area contributed by atoms with Crippen LogP contribution in [0.15, 0.2) is 24.3 Å². The topological polar surface area (TPSA) is 26.3 Å². The first kappa shape index (κ1) is 28.9. The Kier molecular flexibility index (Phi) is 25.1. The van der Waals surface area contributed by atoms with Gasteiger partial charge in [-0.2, -0.15) is 0 Å². The van der Waals surface area contributed by atoms with Crippen molar-refractivity contribution >= 4 is 5.97 Å². The predicted octanol–water partition coefficient (Wildman–Crippen LogP) is 9.48. The summed E-state index contributed by atoms with van der Waals surface area (Å²) in [6, 6.07) is 0. The molecule has 0 rings (SSSR count). The third-order valence-corrected chi connectivity index (χ3v) is 5.59. The molecule has 0 N–H and O–H groups in total. The van der Waals surface area contributed by atoms with E-state index < -0.39 is 0 Å². The standard InChI is InChI=1S/C28H52O2/c1-3-5-7-9-11-13-14-15-16-17-18-19-20-22-24-26-28(29)30-27-25-23-21-12-10-8-6-4-2/h11,13,15-16H,3-10,12,14,17-27H2,1-2H3/b13-11-,16-15-. The zero-order valence-corrected chi connectivity index (χ0v) is 20.5. The van der Waals surface area contributed by atoms with Gasteiger partial charge in [-0.1, -0.05) is 115 Å². The van der Waals surface area contributed by atoms with Crippen LogP contribution in [0.1, 0.15) is 142 Å². The van der Waals surface area contributed by atoms with Crippen molar-refractivity contribution in [3.63, 3.8) is 0 Å². The summed E-state index contributed by atoms with van der Waals surface area (Å²) < 4.78 is 5.35. The van der Waals surface area contributed by atoms with Crippen LogP contribution in [0, 0.1) is 0 Å². The highest BCUT2D eigenvalue weighted by Crippen LogP contribution is 2.10.